The van der Waals surface area contributed by atoms with Gasteiger partial charge in [0.15, 0.2) is 0 Å². The van der Waals surface area contributed by atoms with Gasteiger partial charge in [0, 0.05) is 37.8 Å². The average molecular weight is 329 g/mol. The normalized spacial score (nSPS) is 19.4. The van der Waals surface area contributed by atoms with Crippen molar-refractivity contribution in [2.45, 2.75) is 26.8 Å². The monoisotopic (exact) mass is 328 g/mol. The van der Waals surface area contributed by atoms with Crippen LogP contribution in [0.2, 0.25) is 0 Å². The van der Waals surface area contributed by atoms with Gasteiger partial charge in [-0.15, -0.1) is 0 Å². The van der Waals surface area contributed by atoms with Crippen LogP contribution in [0.5, 0.6) is 0 Å². The third-order valence-corrected chi connectivity index (χ3v) is 4.23. The first-order valence-corrected chi connectivity index (χ1v) is 7.59. The van der Waals surface area contributed by atoms with Gasteiger partial charge in [-0.25, -0.2) is 4.39 Å². The Kier molecular flexibility index (Phi) is 4.64. The Labute approximate surface area is 123 Å². The predicted octanol–water partition coefficient (Wildman–Crippen LogP) is 3.58. The van der Waals surface area contributed by atoms with Crippen molar-refractivity contribution in [2.24, 2.45) is 5.41 Å². The maximum Gasteiger partial charge on any atom is 0.142 e. The second-order valence-electron chi connectivity index (χ2n) is 6.20. The van der Waals surface area contributed by atoms with Crippen molar-refractivity contribution in [1.82, 2.24) is 10.2 Å². The molecule has 0 amide bonds. The van der Waals surface area contributed by atoms with Gasteiger partial charge in [0.05, 0.1) is 4.47 Å². The highest BCUT2D eigenvalue weighted by molar-refractivity contribution is 9.10. The van der Waals surface area contributed by atoms with E-state index in [0.717, 1.165) is 31.7 Å². The fourth-order valence-corrected chi connectivity index (χ4v) is 3.26. The Morgan fingerprint density at radius 1 is 1.26 bits per heavy atom. The summed E-state index contributed by atoms with van der Waals surface area (Å²) in [5.41, 5.74) is 0.794. The van der Waals surface area contributed by atoms with Crippen LogP contribution in [-0.2, 0) is 0 Å². The highest BCUT2D eigenvalue weighted by Gasteiger charge is 2.34. The number of nitrogens with one attached hydrogen (secondary N) is 1. The summed E-state index contributed by atoms with van der Waals surface area (Å²) in [6, 6.07) is 5.70. The molecule has 19 heavy (non-hydrogen) atoms. The molecule has 2 rings (SSSR count). The number of piperazine rings is 1. The van der Waals surface area contributed by atoms with Crippen molar-refractivity contribution >= 4 is 15.9 Å². The number of benzene rings is 1. The topological polar surface area (TPSA) is 15.3 Å². The Bertz CT molecular complexity index is 436. The quantitative estimate of drug-likeness (QED) is 0.892. The summed E-state index contributed by atoms with van der Waals surface area (Å²) in [6.45, 7) is 10.4. The Balaban J connectivity index is 2.40. The number of rotatable bonds is 2. The number of nitrogens with zero attached hydrogens (tertiary/aromatic N) is 1. The minimum Gasteiger partial charge on any atom is -0.314 e. The predicted molar refractivity (Wildman–Crippen MR) is 80.7 cm³/mol. The number of halogens is 2. The molecule has 1 aliphatic rings. The van der Waals surface area contributed by atoms with Crippen LogP contribution < -0.4 is 5.32 Å². The highest BCUT2D eigenvalue weighted by Crippen LogP contribution is 2.40. The molecule has 0 aromatic heterocycles. The third kappa shape index (κ3) is 3.36. The maximum absolute atomic E-state index is 14.4. The van der Waals surface area contributed by atoms with Gasteiger partial charge in [-0.1, -0.05) is 32.9 Å². The lowest BCUT2D eigenvalue weighted by molar-refractivity contribution is 0.0833. The van der Waals surface area contributed by atoms with Gasteiger partial charge < -0.3 is 5.32 Å². The van der Waals surface area contributed by atoms with Crippen LogP contribution in [-0.4, -0.2) is 31.1 Å². The fourth-order valence-electron chi connectivity index (χ4n) is 2.88. The molecule has 4 heteroatoms. The van der Waals surface area contributed by atoms with E-state index in [1.165, 1.54) is 0 Å². The molecule has 0 unspecified atom stereocenters. The molecule has 1 heterocycles. The van der Waals surface area contributed by atoms with E-state index in [0.29, 0.717) is 4.47 Å². The van der Waals surface area contributed by atoms with Crippen molar-refractivity contribution < 1.29 is 4.39 Å². The van der Waals surface area contributed by atoms with Crippen LogP contribution in [0.1, 0.15) is 32.4 Å². The van der Waals surface area contributed by atoms with E-state index >= 15 is 0 Å². The van der Waals surface area contributed by atoms with Crippen molar-refractivity contribution in [3.05, 3.63) is 34.1 Å². The molecule has 1 N–H and O–H groups in total. The van der Waals surface area contributed by atoms with Crippen LogP contribution >= 0.6 is 15.9 Å². The highest BCUT2D eigenvalue weighted by atomic mass is 79.9. The van der Waals surface area contributed by atoms with Gasteiger partial charge in [-0.2, -0.15) is 0 Å². The van der Waals surface area contributed by atoms with Gasteiger partial charge in [-0.05, 0) is 27.4 Å². The average Bonchev–Trinajstić information content (AvgIpc) is 2.35. The molecular weight excluding hydrogens is 307 g/mol. The summed E-state index contributed by atoms with van der Waals surface area (Å²) >= 11 is 3.30. The van der Waals surface area contributed by atoms with E-state index in [-0.39, 0.29) is 17.3 Å². The van der Waals surface area contributed by atoms with E-state index in [1.807, 2.05) is 12.1 Å². The second kappa shape index (κ2) is 5.90. The Hall–Kier alpha value is -0.450. The summed E-state index contributed by atoms with van der Waals surface area (Å²) < 4.78 is 15.0. The van der Waals surface area contributed by atoms with Crippen LogP contribution in [0.25, 0.3) is 0 Å². The van der Waals surface area contributed by atoms with Crippen LogP contribution in [0.15, 0.2) is 22.7 Å². The van der Waals surface area contributed by atoms with Gasteiger partial charge in [0.1, 0.15) is 5.82 Å². The zero-order valence-corrected chi connectivity index (χ0v) is 13.4. The zero-order valence-electron chi connectivity index (χ0n) is 11.8. The standard InChI is InChI=1S/C15H22BrFN2/c1-15(2,3)14(19-9-7-18-8-10-19)11-5-4-6-12(16)13(11)17/h4-6,14,18H,7-10H2,1-3H3/t14-/m1/s1. The summed E-state index contributed by atoms with van der Waals surface area (Å²) in [5, 5.41) is 3.35. The molecule has 0 bridgehead atoms. The smallest absolute Gasteiger partial charge is 0.142 e. The molecule has 0 radical (unpaired) electrons. The van der Waals surface area contributed by atoms with E-state index < -0.39 is 0 Å². The molecule has 1 aliphatic heterocycles. The maximum atomic E-state index is 14.4. The van der Waals surface area contributed by atoms with Crippen molar-refractivity contribution in [2.75, 3.05) is 26.2 Å². The zero-order chi connectivity index (χ0) is 14.0. The third-order valence-electron chi connectivity index (χ3n) is 3.61. The molecule has 0 aliphatic carbocycles. The first kappa shape index (κ1) is 14.9. The van der Waals surface area contributed by atoms with Gasteiger partial charge in [0.2, 0.25) is 0 Å². The van der Waals surface area contributed by atoms with Crippen molar-refractivity contribution in [3.8, 4) is 0 Å². The molecule has 1 fully saturated rings. The molecule has 0 saturated carbocycles. The van der Waals surface area contributed by atoms with Gasteiger partial charge >= 0.3 is 0 Å². The van der Waals surface area contributed by atoms with E-state index in [1.54, 1.807) is 6.07 Å². The van der Waals surface area contributed by atoms with Gasteiger partial charge in [0.25, 0.3) is 0 Å². The van der Waals surface area contributed by atoms with Gasteiger partial charge in [-0.3, -0.25) is 4.90 Å². The molecule has 1 atom stereocenters. The SMILES string of the molecule is CC(C)(C)[C@@H](c1cccc(Br)c1F)N1CCNCC1. The minimum atomic E-state index is -0.124. The number of hydrogen-bond acceptors (Lipinski definition) is 2. The van der Waals surface area contributed by atoms with E-state index in [4.69, 9.17) is 0 Å². The Morgan fingerprint density at radius 3 is 2.47 bits per heavy atom. The fraction of sp³-hybridized carbons (Fsp3) is 0.600. The summed E-state index contributed by atoms with van der Waals surface area (Å²) in [7, 11) is 0. The lowest BCUT2D eigenvalue weighted by Gasteiger charge is -2.42. The van der Waals surface area contributed by atoms with Crippen molar-refractivity contribution in [3.63, 3.8) is 0 Å². The summed E-state index contributed by atoms with van der Waals surface area (Å²) in [5.74, 6) is -0.124. The van der Waals surface area contributed by atoms with Crippen molar-refractivity contribution in [1.29, 1.82) is 0 Å². The van der Waals surface area contributed by atoms with E-state index in [2.05, 4.69) is 46.9 Å². The molecule has 2 nitrogen and oxygen atoms in total. The first-order chi connectivity index (χ1) is 8.91. The summed E-state index contributed by atoms with van der Waals surface area (Å²) in [4.78, 5) is 2.39. The van der Waals surface area contributed by atoms with Crippen LogP contribution in [0.4, 0.5) is 4.39 Å². The first-order valence-electron chi connectivity index (χ1n) is 6.80. The second-order valence-corrected chi connectivity index (χ2v) is 7.05. The largest absolute Gasteiger partial charge is 0.314 e. The molecule has 1 saturated heterocycles. The molecule has 106 valence electrons. The van der Waals surface area contributed by atoms with E-state index in [9.17, 15) is 4.39 Å². The lowest BCUT2D eigenvalue weighted by Crippen LogP contribution is -2.48. The summed E-state index contributed by atoms with van der Waals surface area (Å²) in [6.07, 6.45) is 0. The van der Waals surface area contributed by atoms with Crippen LogP contribution in [0.3, 0.4) is 0 Å². The number of hydrogen-bond donors (Lipinski definition) is 1. The Morgan fingerprint density at radius 2 is 1.89 bits per heavy atom. The molecular formula is C15H22BrFN2. The lowest BCUT2D eigenvalue weighted by atomic mass is 9.80. The molecule has 1 aromatic carbocycles. The molecule has 0 spiro atoms. The molecule has 1 aromatic rings. The van der Waals surface area contributed by atoms with Crippen LogP contribution in [0, 0.1) is 11.2 Å². The minimum absolute atomic E-state index is 0.00102.